The summed E-state index contributed by atoms with van der Waals surface area (Å²) in [7, 11) is 0. The van der Waals surface area contributed by atoms with Crippen molar-refractivity contribution in [1.29, 1.82) is 0 Å². The van der Waals surface area contributed by atoms with Crippen molar-refractivity contribution in [3.63, 3.8) is 0 Å². The highest BCUT2D eigenvalue weighted by Gasteiger charge is 2.31. The lowest BCUT2D eigenvalue weighted by Crippen LogP contribution is -2.51. The molecule has 0 saturated heterocycles. The van der Waals surface area contributed by atoms with E-state index in [4.69, 9.17) is 11.6 Å². The molecule has 0 saturated carbocycles. The molecule has 0 aliphatic heterocycles. The van der Waals surface area contributed by atoms with Crippen LogP contribution < -0.4 is 5.32 Å². The molecular weight excluding hydrogens is 463 g/mol. The van der Waals surface area contributed by atoms with E-state index in [0.29, 0.717) is 13.0 Å². The SMILES string of the molecule is Cc1ccccc1CN(C(=O)Cc1c(F)cccc1Cl)[C@H](Cc1ccccc1)C(=O)NCC(C)C. The Morgan fingerprint density at radius 1 is 0.971 bits per heavy atom. The van der Waals surface area contributed by atoms with Crippen LogP contribution in [0, 0.1) is 18.7 Å². The summed E-state index contributed by atoms with van der Waals surface area (Å²) in [6.45, 7) is 6.72. The van der Waals surface area contributed by atoms with Gasteiger partial charge in [0.2, 0.25) is 11.8 Å². The van der Waals surface area contributed by atoms with Crippen molar-refractivity contribution in [1.82, 2.24) is 10.2 Å². The van der Waals surface area contributed by atoms with Gasteiger partial charge in [-0.2, -0.15) is 0 Å². The second-order valence-electron chi connectivity index (χ2n) is 9.17. The third-order valence-corrected chi connectivity index (χ3v) is 6.30. The number of benzene rings is 3. The standard InChI is InChI=1S/C29H32ClFN2O2/c1-20(2)18-32-29(35)27(16-22-11-5-4-6-12-22)33(19-23-13-8-7-10-21(23)3)28(34)17-24-25(30)14-9-15-26(24)31/h4-15,20,27H,16-19H2,1-3H3,(H,32,35)/t27-/m1/s1. The number of amides is 2. The molecule has 1 N–H and O–H groups in total. The van der Waals surface area contributed by atoms with Crippen LogP contribution in [0.5, 0.6) is 0 Å². The summed E-state index contributed by atoms with van der Waals surface area (Å²) in [4.78, 5) is 28.7. The molecule has 184 valence electrons. The highest BCUT2D eigenvalue weighted by Crippen LogP contribution is 2.23. The molecule has 6 heteroatoms. The molecule has 1 atom stereocenters. The van der Waals surface area contributed by atoms with E-state index in [1.165, 1.54) is 12.1 Å². The van der Waals surface area contributed by atoms with E-state index in [9.17, 15) is 14.0 Å². The van der Waals surface area contributed by atoms with Gasteiger partial charge in [0.05, 0.1) is 6.42 Å². The van der Waals surface area contributed by atoms with E-state index in [1.807, 2.05) is 75.4 Å². The number of aryl methyl sites for hydroxylation is 1. The van der Waals surface area contributed by atoms with E-state index in [2.05, 4.69) is 5.32 Å². The van der Waals surface area contributed by atoms with E-state index in [1.54, 1.807) is 11.0 Å². The first-order chi connectivity index (χ1) is 16.8. The van der Waals surface area contributed by atoms with Crippen LogP contribution in [0.25, 0.3) is 0 Å². The zero-order valence-corrected chi connectivity index (χ0v) is 21.2. The molecule has 0 aliphatic carbocycles. The van der Waals surface area contributed by atoms with Crippen molar-refractivity contribution in [2.75, 3.05) is 6.54 Å². The molecule has 2 amide bonds. The molecular formula is C29H32ClFN2O2. The molecule has 0 spiro atoms. The Kier molecular flexibility index (Phi) is 9.44. The molecule has 3 aromatic rings. The Bertz CT molecular complexity index is 1130. The van der Waals surface area contributed by atoms with Crippen LogP contribution in [0.1, 0.15) is 36.1 Å². The first-order valence-electron chi connectivity index (χ1n) is 11.8. The monoisotopic (exact) mass is 494 g/mol. The van der Waals surface area contributed by atoms with Crippen molar-refractivity contribution < 1.29 is 14.0 Å². The maximum Gasteiger partial charge on any atom is 0.243 e. The largest absolute Gasteiger partial charge is 0.354 e. The highest BCUT2D eigenvalue weighted by molar-refractivity contribution is 6.31. The van der Waals surface area contributed by atoms with Crippen LogP contribution in [0.15, 0.2) is 72.8 Å². The minimum atomic E-state index is -0.770. The number of carbonyl (C=O) groups excluding carboxylic acids is 2. The molecule has 0 unspecified atom stereocenters. The minimum Gasteiger partial charge on any atom is -0.354 e. The first kappa shape index (κ1) is 26.4. The number of hydrogen-bond donors (Lipinski definition) is 1. The summed E-state index contributed by atoms with van der Waals surface area (Å²) in [6.07, 6.45) is 0.105. The van der Waals surface area contributed by atoms with Gasteiger partial charge in [-0.1, -0.05) is 86.1 Å². The summed E-state index contributed by atoms with van der Waals surface area (Å²) >= 11 is 6.23. The third kappa shape index (κ3) is 7.40. The predicted molar refractivity (Wildman–Crippen MR) is 139 cm³/mol. The Balaban J connectivity index is 2.01. The summed E-state index contributed by atoms with van der Waals surface area (Å²) in [5, 5.41) is 3.18. The Labute approximate surface area is 212 Å². The van der Waals surface area contributed by atoms with Crippen LogP contribution in [0.2, 0.25) is 5.02 Å². The van der Waals surface area contributed by atoms with Gasteiger partial charge < -0.3 is 10.2 Å². The van der Waals surface area contributed by atoms with Gasteiger partial charge >= 0.3 is 0 Å². The Morgan fingerprint density at radius 3 is 2.31 bits per heavy atom. The smallest absolute Gasteiger partial charge is 0.243 e. The Morgan fingerprint density at radius 2 is 1.66 bits per heavy atom. The van der Waals surface area contributed by atoms with Crippen molar-refractivity contribution in [2.24, 2.45) is 5.92 Å². The fraction of sp³-hybridized carbons (Fsp3) is 0.310. The minimum absolute atomic E-state index is 0.134. The van der Waals surface area contributed by atoms with E-state index >= 15 is 0 Å². The van der Waals surface area contributed by atoms with Gasteiger partial charge in [-0.05, 0) is 41.7 Å². The molecule has 4 nitrogen and oxygen atoms in total. The molecule has 3 aromatic carbocycles. The second kappa shape index (κ2) is 12.5. The van der Waals surface area contributed by atoms with Crippen molar-refractivity contribution >= 4 is 23.4 Å². The highest BCUT2D eigenvalue weighted by atomic mass is 35.5. The molecule has 0 aromatic heterocycles. The van der Waals surface area contributed by atoms with Gasteiger partial charge in [-0.15, -0.1) is 0 Å². The number of nitrogens with one attached hydrogen (secondary N) is 1. The topological polar surface area (TPSA) is 49.4 Å². The average molecular weight is 495 g/mol. The van der Waals surface area contributed by atoms with Gasteiger partial charge in [0.15, 0.2) is 0 Å². The summed E-state index contributed by atoms with van der Waals surface area (Å²) in [5.74, 6) is -0.871. The summed E-state index contributed by atoms with van der Waals surface area (Å²) in [6, 6.07) is 20.9. The Hall–Kier alpha value is -3.18. The van der Waals surface area contributed by atoms with Crippen LogP contribution in [0.3, 0.4) is 0 Å². The van der Waals surface area contributed by atoms with Crippen molar-refractivity contribution in [3.8, 4) is 0 Å². The quantitative estimate of drug-likeness (QED) is 0.390. The maximum absolute atomic E-state index is 14.5. The second-order valence-corrected chi connectivity index (χ2v) is 9.58. The summed E-state index contributed by atoms with van der Waals surface area (Å²) < 4.78 is 14.5. The molecule has 3 rings (SSSR count). The normalized spacial score (nSPS) is 11.8. The van der Waals surface area contributed by atoms with Gasteiger partial charge in [-0.25, -0.2) is 4.39 Å². The number of nitrogens with zero attached hydrogens (tertiary/aromatic N) is 1. The number of hydrogen-bond acceptors (Lipinski definition) is 2. The van der Waals surface area contributed by atoms with Gasteiger partial charge in [0, 0.05) is 30.1 Å². The van der Waals surface area contributed by atoms with Gasteiger partial charge in [-0.3, -0.25) is 9.59 Å². The van der Waals surface area contributed by atoms with Crippen molar-refractivity contribution in [2.45, 2.75) is 46.2 Å². The van der Waals surface area contributed by atoms with Gasteiger partial charge in [0.1, 0.15) is 11.9 Å². The van der Waals surface area contributed by atoms with Crippen LogP contribution >= 0.6 is 11.6 Å². The van der Waals surface area contributed by atoms with E-state index < -0.39 is 11.9 Å². The van der Waals surface area contributed by atoms with E-state index in [0.717, 1.165) is 16.7 Å². The van der Waals surface area contributed by atoms with E-state index in [-0.39, 0.29) is 41.3 Å². The third-order valence-electron chi connectivity index (χ3n) is 5.95. The van der Waals surface area contributed by atoms with Crippen LogP contribution in [-0.2, 0) is 29.0 Å². The maximum atomic E-state index is 14.5. The van der Waals surface area contributed by atoms with Crippen LogP contribution in [0.4, 0.5) is 4.39 Å². The zero-order chi connectivity index (χ0) is 25.4. The lowest BCUT2D eigenvalue weighted by atomic mass is 10.00. The molecule has 0 radical (unpaired) electrons. The van der Waals surface area contributed by atoms with Crippen LogP contribution in [-0.4, -0.2) is 29.3 Å². The fourth-order valence-corrected chi connectivity index (χ4v) is 4.13. The lowest BCUT2D eigenvalue weighted by Gasteiger charge is -2.32. The predicted octanol–water partition coefficient (Wildman–Crippen LogP) is 5.74. The average Bonchev–Trinajstić information content (AvgIpc) is 2.83. The fourth-order valence-electron chi connectivity index (χ4n) is 3.90. The molecule has 35 heavy (non-hydrogen) atoms. The van der Waals surface area contributed by atoms with Gasteiger partial charge in [0.25, 0.3) is 0 Å². The molecule has 0 aliphatic rings. The first-order valence-corrected chi connectivity index (χ1v) is 12.2. The number of carbonyl (C=O) groups is 2. The molecule has 0 heterocycles. The summed E-state index contributed by atoms with van der Waals surface area (Å²) in [5.41, 5.74) is 3.00. The lowest BCUT2D eigenvalue weighted by molar-refractivity contribution is -0.140. The molecule has 0 fully saturated rings. The number of rotatable bonds is 10. The molecule has 0 bridgehead atoms. The number of halogens is 2. The van der Waals surface area contributed by atoms with Crippen molar-refractivity contribution in [3.05, 3.63) is 106 Å². The zero-order valence-electron chi connectivity index (χ0n) is 20.4.